The van der Waals surface area contributed by atoms with Crippen LogP contribution in [0.5, 0.6) is 17.2 Å². The van der Waals surface area contributed by atoms with Crippen molar-refractivity contribution >= 4 is 23.5 Å². The number of nitrogens with zero attached hydrogens (tertiary/aromatic N) is 2. The lowest BCUT2D eigenvalue weighted by Gasteiger charge is -2.11. The summed E-state index contributed by atoms with van der Waals surface area (Å²) in [6, 6.07) is 7.67. The number of ether oxygens (including phenoxy) is 2. The fraction of sp³-hybridized carbons (Fsp3) is 0.188. The van der Waals surface area contributed by atoms with Crippen molar-refractivity contribution in [2.45, 2.75) is 6.54 Å². The summed E-state index contributed by atoms with van der Waals surface area (Å²) in [7, 11) is 3.07. The van der Waals surface area contributed by atoms with Gasteiger partial charge < -0.3 is 14.6 Å². The molecule has 0 saturated heterocycles. The van der Waals surface area contributed by atoms with Gasteiger partial charge in [0.25, 0.3) is 5.69 Å². The first-order valence-corrected chi connectivity index (χ1v) is 7.19. The molecule has 0 saturated carbocycles. The van der Waals surface area contributed by atoms with Gasteiger partial charge in [0.15, 0.2) is 11.5 Å². The Morgan fingerprint density at radius 1 is 1.21 bits per heavy atom. The smallest absolute Gasteiger partial charge is 0.263 e. The molecule has 24 heavy (non-hydrogen) atoms. The van der Waals surface area contributed by atoms with Gasteiger partial charge in [-0.1, -0.05) is 17.7 Å². The highest BCUT2D eigenvalue weighted by Gasteiger charge is 2.11. The molecule has 0 fully saturated rings. The van der Waals surface area contributed by atoms with Crippen LogP contribution in [0.1, 0.15) is 11.1 Å². The zero-order valence-electron chi connectivity index (χ0n) is 13.0. The average molecular weight is 350 g/mol. The Hall–Kier alpha value is -2.80. The van der Waals surface area contributed by atoms with Gasteiger partial charge in [-0.15, -0.1) is 0 Å². The van der Waals surface area contributed by atoms with Gasteiger partial charge >= 0.3 is 0 Å². The Labute approximate surface area is 143 Å². The quantitative estimate of drug-likeness (QED) is 0.453. The summed E-state index contributed by atoms with van der Waals surface area (Å²) in [5.41, 5.74) is 0.317. The number of methoxy groups -OCH3 is 2. The summed E-state index contributed by atoms with van der Waals surface area (Å²) in [5, 5.41) is 22.9. The Kier molecular flexibility index (Phi) is 5.59. The fourth-order valence-electron chi connectivity index (χ4n) is 2.06. The number of aliphatic imine (C=N–C) groups is 1. The third kappa shape index (κ3) is 3.94. The van der Waals surface area contributed by atoms with E-state index in [4.69, 9.17) is 21.1 Å². The van der Waals surface area contributed by atoms with E-state index in [1.807, 2.05) is 0 Å². The van der Waals surface area contributed by atoms with Crippen LogP contribution < -0.4 is 14.6 Å². The highest BCUT2D eigenvalue weighted by atomic mass is 35.5. The highest BCUT2D eigenvalue weighted by molar-refractivity contribution is 6.31. The zero-order chi connectivity index (χ0) is 17.7. The second kappa shape index (κ2) is 7.65. The molecule has 2 aromatic carbocycles. The number of hydrogen-bond donors (Lipinski definition) is 0. The zero-order valence-corrected chi connectivity index (χ0v) is 13.7. The molecule has 8 heteroatoms. The Morgan fingerprint density at radius 3 is 2.54 bits per heavy atom. The van der Waals surface area contributed by atoms with Gasteiger partial charge in [0, 0.05) is 17.3 Å². The highest BCUT2D eigenvalue weighted by Crippen LogP contribution is 2.30. The summed E-state index contributed by atoms with van der Waals surface area (Å²) in [6.45, 7) is 0.264. The van der Waals surface area contributed by atoms with Crippen molar-refractivity contribution < 1.29 is 19.5 Å². The number of hydrogen-bond acceptors (Lipinski definition) is 6. The monoisotopic (exact) mass is 349 g/mol. The molecule has 0 amide bonds. The number of rotatable bonds is 6. The lowest BCUT2D eigenvalue weighted by atomic mass is 10.1. The van der Waals surface area contributed by atoms with Crippen molar-refractivity contribution in [2.24, 2.45) is 4.99 Å². The largest absolute Gasteiger partial charge is 0.867 e. The maximum atomic E-state index is 12.0. The first-order valence-electron chi connectivity index (χ1n) is 6.82. The van der Waals surface area contributed by atoms with Gasteiger partial charge in [-0.25, -0.2) is 0 Å². The minimum atomic E-state index is -0.764. The van der Waals surface area contributed by atoms with Crippen molar-refractivity contribution in [3.05, 3.63) is 56.6 Å². The molecule has 0 radical (unpaired) electrons. The summed E-state index contributed by atoms with van der Waals surface area (Å²) < 4.78 is 10.3. The maximum Gasteiger partial charge on any atom is 0.263 e. The number of benzene rings is 2. The Balaban J connectivity index is 2.22. The topological polar surface area (TPSA) is 97.0 Å². The molecular weight excluding hydrogens is 336 g/mol. The standard InChI is InChI=1S/C16H15ClN2O5/c1-23-14-4-3-10(5-15(14)24-2)8-18-9-11-6-12(17)7-13(16(11)20)19(21)22/h3-7,9,20H,8H2,1-2H3/p-1. The molecular formula is C16H14ClN2O5-. The third-order valence-corrected chi connectivity index (χ3v) is 3.43. The van der Waals surface area contributed by atoms with E-state index in [0.717, 1.165) is 11.6 Å². The van der Waals surface area contributed by atoms with Gasteiger partial charge in [0.2, 0.25) is 0 Å². The average Bonchev–Trinajstić information content (AvgIpc) is 2.57. The van der Waals surface area contributed by atoms with Crippen LogP contribution in [0.4, 0.5) is 5.69 Å². The third-order valence-electron chi connectivity index (χ3n) is 3.21. The van der Waals surface area contributed by atoms with E-state index in [-0.39, 0.29) is 17.1 Å². The van der Waals surface area contributed by atoms with Crippen LogP contribution in [-0.2, 0) is 6.54 Å². The SMILES string of the molecule is COc1ccc(CN=Cc2cc(Cl)cc([N+](=O)[O-])c2[O-])cc1OC. The lowest BCUT2D eigenvalue weighted by molar-refractivity contribution is -0.398. The molecule has 0 aliphatic rings. The molecule has 0 spiro atoms. The van der Waals surface area contributed by atoms with Crippen molar-refractivity contribution in [1.82, 2.24) is 0 Å². The van der Waals surface area contributed by atoms with E-state index < -0.39 is 16.4 Å². The van der Waals surface area contributed by atoms with Crippen molar-refractivity contribution in [2.75, 3.05) is 14.2 Å². The molecule has 2 rings (SSSR count). The molecule has 0 heterocycles. The van der Waals surface area contributed by atoms with E-state index in [2.05, 4.69) is 4.99 Å². The second-order valence-corrected chi connectivity index (χ2v) is 5.20. The molecule has 0 N–H and O–H groups in total. The van der Waals surface area contributed by atoms with E-state index in [9.17, 15) is 15.2 Å². The summed E-state index contributed by atoms with van der Waals surface area (Å²) in [5.74, 6) is 0.436. The van der Waals surface area contributed by atoms with Crippen molar-refractivity contribution in [3.63, 3.8) is 0 Å². The second-order valence-electron chi connectivity index (χ2n) is 4.76. The van der Waals surface area contributed by atoms with E-state index in [0.29, 0.717) is 11.5 Å². The van der Waals surface area contributed by atoms with Crippen LogP contribution >= 0.6 is 11.6 Å². The number of halogens is 1. The molecule has 0 aliphatic carbocycles. The van der Waals surface area contributed by atoms with Crippen LogP contribution in [0.25, 0.3) is 0 Å². The van der Waals surface area contributed by atoms with Gasteiger partial charge in [-0.2, -0.15) is 0 Å². The Morgan fingerprint density at radius 2 is 1.92 bits per heavy atom. The maximum absolute atomic E-state index is 12.0. The van der Waals surface area contributed by atoms with E-state index >= 15 is 0 Å². The number of nitro benzene ring substituents is 1. The van der Waals surface area contributed by atoms with Gasteiger partial charge in [0.1, 0.15) is 0 Å². The van der Waals surface area contributed by atoms with Gasteiger partial charge in [-0.05, 0) is 35.1 Å². The molecule has 126 valence electrons. The Bertz CT molecular complexity index is 792. The molecule has 2 aromatic rings. The van der Waals surface area contributed by atoms with Gasteiger partial charge in [-0.3, -0.25) is 15.1 Å². The van der Waals surface area contributed by atoms with Crippen molar-refractivity contribution in [3.8, 4) is 17.2 Å². The van der Waals surface area contributed by atoms with Gasteiger partial charge in [0.05, 0.1) is 25.7 Å². The van der Waals surface area contributed by atoms with Crippen LogP contribution in [0, 0.1) is 10.1 Å². The van der Waals surface area contributed by atoms with Crippen LogP contribution in [0.2, 0.25) is 5.02 Å². The summed E-state index contributed by atoms with van der Waals surface area (Å²) in [4.78, 5) is 14.2. The van der Waals surface area contributed by atoms with Crippen LogP contribution in [0.3, 0.4) is 0 Å². The van der Waals surface area contributed by atoms with Crippen molar-refractivity contribution in [1.29, 1.82) is 0 Å². The predicted molar refractivity (Wildman–Crippen MR) is 88.4 cm³/mol. The van der Waals surface area contributed by atoms with Crippen LogP contribution in [-0.4, -0.2) is 25.4 Å². The molecule has 0 aromatic heterocycles. The lowest BCUT2D eigenvalue weighted by Crippen LogP contribution is -2.02. The molecule has 0 atom stereocenters. The summed E-state index contributed by atoms with van der Waals surface area (Å²) in [6.07, 6.45) is 1.28. The molecule has 0 unspecified atom stereocenters. The minimum Gasteiger partial charge on any atom is -0.867 e. The molecule has 0 aliphatic heterocycles. The first kappa shape index (κ1) is 17.6. The predicted octanol–water partition coefficient (Wildman–Crippen LogP) is 2.96. The van der Waals surface area contributed by atoms with E-state index in [1.54, 1.807) is 18.2 Å². The summed E-state index contributed by atoms with van der Waals surface area (Å²) >= 11 is 5.80. The van der Waals surface area contributed by atoms with Crippen LogP contribution in [0.15, 0.2) is 35.3 Å². The molecule has 0 bridgehead atoms. The first-order chi connectivity index (χ1) is 11.5. The fourth-order valence-corrected chi connectivity index (χ4v) is 2.28. The van der Waals surface area contributed by atoms with E-state index in [1.165, 1.54) is 26.5 Å². The number of nitro groups is 1. The molecule has 7 nitrogen and oxygen atoms in total. The normalized spacial score (nSPS) is 10.8. The minimum absolute atomic E-state index is 0.0645.